The third kappa shape index (κ3) is 4.18. The molecule has 23 heavy (non-hydrogen) atoms. The minimum absolute atomic E-state index is 0.167. The Hall–Kier alpha value is -2.18. The molecule has 0 aliphatic heterocycles. The van der Waals surface area contributed by atoms with Gasteiger partial charge in [0.1, 0.15) is 5.01 Å². The summed E-state index contributed by atoms with van der Waals surface area (Å²) in [7, 11) is 0. The molecule has 0 saturated heterocycles. The van der Waals surface area contributed by atoms with Crippen molar-refractivity contribution in [1.82, 2.24) is 10.2 Å². The first-order chi connectivity index (χ1) is 11.2. The van der Waals surface area contributed by atoms with Crippen molar-refractivity contribution in [3.05, 3.63) is 70.7 Å². The van der Waals surface area contributed by atoms with Crippen molar-refractivity contribution >= 4 is 34.1 Å². The Labute approximate surface area is 143 Å². The van der Waals surface area contributed by atoms with Gasteiger partial charge in [-0.1, -0.05) is 41.7 Å². The highest BCUT2D eigenvalue weighted by atomic mass is 32.2. The first-order valence-corrected chi connectivity index (χ1v) is 9.10. The Morgan fingerprint density at radius 2 is 1.83 bits per heavy atom. The molecule has 0 radical (unpaired) electrons. The molecule has 6 heteroatoms. The largest absolute Gasteiger partial charge is 0.296 e. The van der Waals surface area contributed by atoms with E-state index in [9.17, 15) is 4.79 Å². The van der Waals surface area contributed by atoms with Gasteiger partial charge in [0.25, 0.3) is 5.91 Å². The fourth-order valence-corrected chi connectivity index (χ4v) is 3.24. The van der Waals surface area contributed by atoms with Crippen LogP contribution in [0.15, 0.2) is 59.5 Å². The standard InChI is InChI=1S/C17H15N3OS2/c1-22-14-9-7-13(8-10-14)16(21)18-17-20-19-15(23-17)11-12-5-3-2-4-6-12/h2-10H,11H2,1H3,(H,18,20,21). The summed E-state index contributed by atoms with van der Waals surface area (Å²) in [5, 5.41) is 12.4. The van der Waals surface area contributed by atoms with Crippen LogP contribution in [-0.2, 0) is 6.42 Å². The van der Waals surface area contributed by atoms with E-state index in [0.717, 1.165) is 16.3 Å². The maximum Gasteiger partial charge on any atom is 0.257 e. The van der Waals surface area contributed by atoms with Crippen LogP contribution in [0, 0.1) is 0 Å². The molecule has 3 aromatic rings. The number of benzene rings is 2. The number of rotatable bonds is 5. The fourth-order valence-electron chi connectivity index (χ4n) is 2.06. The summed E-state index contributed by atoms with van der Waals surface area (Å²) >= 11 is 3.05. The van der Waals surface area contributed by atoms with Gasteiger partial charge in [0, 0.05) is 16.9 Å². The van der Waals surface area contributed by atoms with E-state index in [1.165, 1.54) is 16.9 Å². The van der Waals surface area contributed by atoms with Crippen LogP contribution in [0.1, 0.15) is 20.9 Å². The SMILES string of the molecule is CSc1ccc(C(=O)Nc2nnc(Cc3ccccc3)s2)cc1. The van der Waals surface area contributed by atoms with E-state index in [2.05, 4.69) is 15.5 Å². The maximum atomic E-state index is 12.2. The topological polar surface area (TPSA) is 54.9 Å². The van der Waals surface area contributed by atoms with E-state index in [4.69, 9.17) is 0 Å². The average Bonchev–Trinajstić information content (AvgIpc) is 3.02. The molecule has 0 bridgehead atoms. The zero-order valence-corrected chi connectivity index (χ0v) is 14.2. The van der Waals surface area contributed by atoms with Crippen LogP contribution in [0.4, 0.5) is 5.13 Å². The zero-order valence-electron chi connectivity index (χ0n) is 12.5. The van der Waals surface area contributed by atoms with Crippen molar-refractivity contribution in [2.45, 2.75) is 11.3 Å². The first-order valence-electron chi connectivity index (χ1n) is 7.06. The van der Waals surface area contributed by atoms with Crippen molar-refractivity contribution in [2.75, 3.05) is 11.6 Å². The van der Waals surface area contributed by atoms with Crippen LogP contribution in [0.3, 0.4) is 0 Å². The Kier molecular flexibility index (Phi) is 5.05. The Morgan fingerprint density at radius 3 is 2.52 bits per heavy atom. The summed E-state index contributed by atoms with van der Waals surface area (Å²) in [4.78, 5) is 13.3. The predicted octanol–water partition coefficient (Wildman–Crippen LogP) is 4.10. The van der Waals surface area contributed by atoms with Gasteiger partial charge in [-0.2, -0.15) is 0 Å². The number of carbonyl (C=O) groups is 1. The molecule has 1 amide bonds. The van der Waals surface area contributed by atoms with Crippen LogP contribution in [0.25, 0.3) is 0 Å². The van der Waals surface area contributed by atoms with Crippen LogP contribution >= 0.6 is 23.1 Å². The fraction of sp³-hybridized carbons (Fsp3) is 0.118. The summed E-state index contributed by atoms with van der Waals surface area (Å²) in [6, 6.07) is 17.6. The van der Waals surface area contributed by atoms with E-state index in [1.807, 2.05) is 60.9 Å². The number of anilines is 1. The summed E-state index contributed by atoms with van der Waals surface area (Å²) in [6.07, 6.45) is 2.72. The summed E-state index contributed by atoms with van der Waals surface area (Å²) in [6.45, 7) is 0. The van der Waals surface area contributed by atoms with Gasteiger partial charge in [0.15, 0.2) is 0 Å². The quantitative estimate of drug-likeness (QED) is 0.710. The van der Waals surface area contributed by atoms with Gasteiger partial charge in [0.2, 0.25) is 5.13 Å². The molecule has 116 valence electrons. The third-order valence-corrected chi connectivity index (χ3v) is 4.82. The molecule has 4 nitrogen and oxygen atoms in total. The molecule has 1 heterocycles. The minimum Gasteiger partial charge on any atom is -0.296 e. The van der Waals surface area contributed by atoms with E-state index in [-0.39, 0.29) is 5.91 Å². The molecule has 0 unspecified atom stereocenters. The lowest BCUT2D eigenvalue weighted by molar-refractivity contribution is 0.102. The number of aromatic nitrogens is 2. The molecule has 1 N–H and O–H groups in total. The van der Waals surface area contributed by atoms with Crippen molar-refractivity contribution in [3.8, 4) is 0 Å². The Morgan fingerprint density at radius 1 is 1.09 bits per heavy atom. The lowest BCUT2D eigenvalue weighted by Crippen LogP contribution is -2.11. The second kappa shape index (κ2) is 7.39. The Balaban J connectivity index is 1.65. The zero-order chi connectivity index (χ0) is 16.1. The highest BCUT2D eigenvalue weighted by Crippen LogP contribution is 2.20. The molecule has 0 atom stereocenters. The molecule has 3 rings (SSSR count). The van der Waals surface area contributed by atoms with Gasteiger partial charge >= 0.3 is 0 Å². The number of thioether (sulfide) groups is 1. The Bertz CT molecular complexity index is 785. The van der Waals surface area contributed by atoms with Gasteiger partial charge in [-0.05, 0) is 36.1 Å². The van der Waals surface area contributed by atoms with Crippen molar-refractivity contribution < 1.29 is 4.79 Å². The number of nitrogens with one attached hydrogen (secondary N) is 1. The van der Waals surface area contributed by atoms with Gasteiger partial charge in [0.05, 0.1) is 0 Å². The van der Waals surface area contributed by atoms with E-state index in [1.54, 1.807) is 11.8 Å². The highest BCUT2D eigenvalue weighted by Gasteiger charge is 2.10. The molecule has 0 saturated carbocycles. The van der Waals surface area contributed by atoms with Crippen LogP contribution in [-0.4, -0.2) is 22.4 Å². The van der Waals surface area contributed by atoms with Crippen molar-refractivity contribution in [3.63, 3.8) is 0 Å². The van der Waals surface area contributed by atoms with Gasteiger partial charge in [-0.15, -0.1) is 22.0 Å². The smallest absolute Gasteiger partial charge is 0.257 e. The number of nitrogens with zero attached hydrogens (tertiary/aromatic N) is 2. The molecule has 0 aliphatic carbocycles. The van der Waals surface area contributed by atoms with E-state index in [0.29, 0.717) is 10.7 Å². The summed E-state index contributed by atoms with van der Waals surface area (Å²) in [5.41, 5.74) is 1.79. The molecule has 0 fully saturated rings. The third-order valence-electron chi connectivity index (χ3n) is 3.24. The molecular formula is C17H15N3OS2. The summed E-state index contributed by atoms with van der Waals surface area (Å²) in [5.74, 6) is -0.167. The molecule has 1 aromatic heterocycles. The maximum absolute atomic E-state index is 12.2. The number of amides is 1. The van der Waals surface area contributed by atoms with Crippen molar-refractivity contribution in [2.24, 2.45) is 0 Å². The van der Waals surface area contributed by atoms with E-state index < -0.39 is 0 Å². The average molecular weight is 341 g/mol. The monoisotopic (exact) mass is 341 g/mol. The second-order valence-electron chi connectivity index (χ2n) is 4.85. The second-order valence-corrected chi connectivity index (χ2v) is 6.79. The van der Waals surface area contributed by atoms with Crippen molar-refractivity contribution in [1.29, 1.82) is 0 Å². The summed E-state index contributed by atoms with van der Waals surface area (Å²) < 4.78 is 0. The van der Waals surface area contributed by atoms with Gasteiger partial charge < -0.3 is 0 Å². The normalized spacial score (nSPS) is 10.5. The van der Waals surface area contributed by atoms with Gasteiger partial charge in [-0.25, -0.2) is 0 Å². The lowest BCUT2D eigenvalue weighted by atomic mass is 10.2. The molecular weight excluding hydrogens is 326 g/mol. The lowest BCUT2D eigenvalue weighted by Gasteiger charge is -2.02. The van der Waals surface area contributed by atoms with Crippen LogP contribution in [0.2, 0.25) is 0 Å². The van der Waals surface area contributed by atoms with Gasteiger partial charge in [-0.3, -0.25) is 10.1 Å². The minimum atomic E-state index is -0.167. The van der Waals surface area contributed by atoms with Crippen LogP contribution < -0.4 is 5.32 Å². The highest BCUT2D eigenvalue weighted by molar-refractivity contribution is 7.98. The predicted molar refractivity (Wildman–Crippen MR) is 95.3 cm³/mol. The molecule has 0 spiro atoms. The van der Waals surface area contributed by atoms with Crippen LogP contribution in [0.5, 0.6) is 0 Å². The first kappa shape index (κ1) is 15.7. The number of hydrogen-bond acceptors (Lipinski definition) is 5. The van der Waals surface area contributed by atoms with E-state index >= 15 is 0 Å². The number of carbonyl (C=O) groups excluding carboxylic acids is 1. The number of hydrogen-bond donors (Lipinski definition) is 1. The molecule has 0 aliphatic rings. The molecule has 2 aromatic carbocycles.